The van der Waals surface area contributed by atoms with Crippen molar-refractivity contribution in [2.24, 2.45) is 0 Å². The first kappa shape index (κ1) is 22.2. The Kier molecular flexibility index (Phi) is 4.91. The average molecular weight is 514 g/mol. The van der Waals surface area contributed by atoms with E-state index in [4.69, 9.17) is 5.41 Å². The maximum atomic E-state index is 7.69. The third-order valence-corrected chi connectivity index (χ3v) is 9.12. The summed E-state index contributed by atoms with van der Waals surface area (Å²) in [4.78, 5) is 0. The SMILES string of the molecule is N=Cc1ccc2c(c1)sc1c3ccc(-c4ccc(-c5ccc6ccccc6c5)cc4)cc3c3ccccc3c21. The van der Waals surface area contributed by atoms with Crippen molar-refractivity contribution in [2.45, 2.75) is 0 Å². The Bertz CT molecular complexity index is 2240. The van der Waals surface area contributed by atoms with Gasteiger partial charge in [-0.1, -0.05) is 109 Å². The lowest BCUT2D eigenvalue weighted by Crippen LogP contribution is -1.84. The molecule has 0 saturated heterocycles. The van der Waals surface area contributed by atoms with Crippen molar-refractivity contribution in [3.63, 3.8) is 0 Å². The van der Waals surface area contributed by atoms with Crippen molar-refractivity contribution in [2.75, 3.05) is 0 Å². The van der Waals surface area contributed by atoms with Crippen LogP contribution in [0.3, 0.4) is 0 Å². The van der Waals surface area contributed by atoms with Crippen molar-refractivity contribution in [1.82, 2.24) is 0 Å². The minimum atomic E-state index is 0.942. The van der Waals surface area contributed by atoms with Gasteiger partial charge in [0.25, 0.3) is 0 Å². The van der Waals surface area contributed by atoms with Crippen LogP contribution in [0.1, 0.15) is 5.56 Å². The molecule has 1 heterocycles. The second-order valence-electron chi connectivity index (χ2n) is 10.2. The van der Waals surface area contributed by atoms with E-state index < -0.39 is 0 Å². The van der Waals surface area contributed by atoms with E-state index in [-0.39, 0.29) is 0 Å². The second kappa shape index (κ2) is 8.62. The number of hydrogen-bond donors (Lipinski definition) is 1. The number of rotatable bonds is 3. The van der Waals surface area contributed by atoms with E-state index in [1.807, 2.05) is 17.4 Å². The quantitative estimate of drug-likeness (QED) is 0.179. The molecule has 7 aromatic carbocycles. The van der Waals surface area contributed by atoms with Gasteiger partial charge in [0.15, 0.2) is 0 Å². The highest BCUT2D eigenvalue weighted by molar-refractivity contribution is 7.27. The topological polar surface area (TPSA) is 23.9 Å². The zero-order valence-electron chi connectivity index (χ0n) is 21.1. The summed E-state index contributed by atoms with van der Waals surface area (Å²) in [6.45, 7) is 0. The Morgan fingerprint density at radius 1 is 0.462 bits per heavy atom. The van der Waals surface area contributed by atoms with E-state index in [9.17, 15) is 0 Å². The lowest BCUT2D eigenvalue weighted by molar-refractivity contribution is 1.55. The molecule has 0 aliphatic rings. The Morgan fingerprint density at radius 2 is 1.10 bits per heavy atom. The summed E-state index contributed by atoms with van der Waals surface area (Å²) in [5, 5.41) is 18.0. The van der Waals surface area contributed by atoms with Crippen LogP contribution in [0.4, 0.5) is 0 Å². The molecular formula is C37H23NS. The van der Waals surface area contributed by atoms with E-state index in [2.05, 4.69) is 121 Å². The molecule has 0 aliphatic heterocycles. The van der Waals surface area contributed by atoms with Gasteiger partial charge in [-0.05, 0) is 72.9 Å². The van der Waals surface area contributed by atoms with Gasteiger partial charge in [-0.3, -0.25) is 0 Å². The molecular weight excluding hydrogens is 490 g/mol. The number of nitrogens with one attached hydrogen (secondary N) is 1. The molecule has 39 heavy (non-hydrogen) atoms. The lowest BCUT2D eigenvalue weighted by atomic mass is 9.93. The van der Waals surface area contributed by atoms with E-state index >= 15 is 0 Å². The normalized spacial score (nSPS) is 11.7. The molecule has 8 aromatic rings. The predicted molar refractivity (Wildman–Crippen MR) is 171 cm³/mol. The fourth-order valence-electron chi connectivity index (χ4n) is 5.96. The molecule has 0 bridgehead atoms. The summed E-state index contributed by atoms with van der Waals surface area (Å²) in [6.07, 6.45) is 1.43. The number of benzene rings is 7. The van der Waals surface area contributed by atoms with E-state index in [1.54, 1.807) is 0 Å². The van der Waals surface area contributed by atoms with Gasteiger partial charge >= 0.3 is 0 Å². The van der Waals surface area contributed by atoms with Gasteiger partial charge in [-0.15, -0.1) is 11.3 Å². The molecule has 0 aliphatic carbocycles. The zero-order chi connectivity index (χ0) is 25.9. The number of hydrogen-bond acceptors (Lipinski definition) is 2. The van der Waals surface area contributed by atoms with Crippen LogP contribution < -0.4 is 0 Å². The third kappa shape index (κ3) is 3.49. The van der Waals surface area contributed by atoms with Gasteiger partial charge in [0.1, 0.15) is 0 Å². The largest absolute Gasteiger partial charge is 0.308 e. The van der Waals surface area contributed by atoms with E-state index in [0.29, 0.717) is 0 Å². The van der Waals surface area contributed by atoms with Crippen LogP contribution in [0.15, 0.2) is 127 Å². The summed E-state index contributed by atoms with van der Waals surface area (Å²) in [6, 6.07) is 46.2. The summed E-state index contributed by atoms with van der Waals surface area (Å²) in [5.41, 5.74) is 5.86. The van der Waals surface area contributed by atoms with Crippen LogP contribution in [0.25, 0.3) is 74.7 Å². The first-order valence-corrected chi connectivity index (χ1v) is 14.0. The van der Waals surface area contributed by atoms with Gasteiger partial charge < -0.3 is 5.41 Å². The molecule has 0 atom stereocenters. The minimum absolute atomic E-state index is 0.942. The Morgan fingerprint density at radius 3 is 1.90 bits per heavy atom. The summed E-state index contributed by atoms with van der Waals surface area (Å²) < 4.78 is 2.55. The molecule has 1 aromatic heterocycles. The molecule has 1 nitrogen and oxygen atoms in total. The smallest absolute Gasteiger partial charge is 0.0440 e. The molecule has 0 fully saturated rings. The molecule has 0 amide bonds. The lowest BCUT2D eigenvalue weighted by Gasteiger charge is -2.11. The molecule has 8 rings (SSSR count). The highest BCUT2D eigenvalue weighted by atomic mass is 32.1. The molecule has 0 saturated carbocycles. The van der Waals surface area contributed by atoms with Crippen LogP contribution in [-0.4, -0.2) is 6.21 Å². The fourth-order valence-corrected chi connectivity index (χ4v) is 7.27. The van der Waals surface area contributed by atoms with Crippen molar-refractivity contribution >= 4 is 70.0 Å². The Balaban J connectivity index is 1.29. The van der Waals surface area contributed by atoms with E-state index in [0.717, 1.165) is 5.56 Å². The molecule has 0 radical (unpaired) electrons. The zero-order valence-corrected chi connectivity index (χ0v) is 21.9. The maximum Gasteiger partial charge on any atom is 0.0440 e. The Hall–Kier alpha value is -4.79. The molecule has 1 N–H and O–H groups in total. The summed E-state index contributed by atoms with van der Waals surface area (Å²) in [7, 11) is 0. The second-order valence-corrected chi connectivity index (χ2v) is 11.2. The van der Waals surface area contributed by atoms with Crippen LogP contribution in [0.5, 0.6) is 0 Å². The van der Waals surface area contributed by atoms with Crippen LogP contribution in [0.2, 0.25) is 0 Å². The van der Waals surface area contributed by atoms with Crippen LogP contribution in [-0.2, 0) is 0 Å². The fraction of sp³-hybridized carbons (Fsp3) is 0. The average Bonchev–Trinajstić information content (AvgIpc) is 3.40. The first-order valence-electron chi connectivity index (χ1n) is 13.2. The first-order chi connectivity index (χ1) is 19.3. The Labute approximate surface area is 230 Å². The van der Waals surface area contributed by atoms with Crippen LogP contribution in [0, 0.1) is 5.41 Å². The standard InChI is InChI=1S/C37H23NS/c38-22-23-9-17-33-35(19-23)39-37-32-18-16-29(21-34(32)30-7-3-4-8-31(30)36(33)37)26-12-10-25(11-13-26)28-15-14-24-5-1-2-6-27(24)20-28/h1-22,38H. The van der Waals surface area contributed by atoms with Crippen LogP contribution >= 0.6 is 11.3 Å². The van der Waals surface area contributed by atoms with Gasteiger partial charge in [-0.2, -0.15) is 0 Å². The minimum Gasteiger partial charge on any atom is -0.308 e. The molecule has 0 spiro atoms. The maximum absolute atomic E-state index is 7.69. The van der Waals surface area contributed by atoms with Crippen molar-refractivity contribution < 1.29 is 0 Å². The van der Waals surface area contributed by atoms with E-state index in [1.165, 1.54) is 81.0 Å². The molecule has 2 heteroatoms. The highest BCUT2D eigenvalue weighted by Crippen LogP contribution is 2.45. The number of thiophene rings is 1. The van der Waals surface area contributed by atoms with Crippen molar-refractivity contribution in [3.05, 3.63) is 133 Å². The summed E-state index contributed by atoms with van der Waals surface area (Å²) in [5.74, 6) is 0. The van der Waals surface area contributed by atoms with Gasteiger partial charge in [0.2, 0.25) is 0 Å². The third-order valence-electron chi connectivity index (χ3n) is 7.93. The molecule has 0 unspecified atom stereocenters. The van der Waals surface area contributed by atoms with Crippen molar-refractivity contribution in [1.29, 1.82) is 5.41 Å². The van der Waals surface area contributed by atoms with Crippen molar-refractivity contribution in [3.8, 4) is 22.3 Å². The highest BCUT2D eigenvalue weighted by Gasteiger charge is 2.15. The summed E-state index contributed by atoms with van der Waals surface area (Å²) >= 11 is 1.83. The van der Waals surface area contributed by atoms with Gasteiger partial charge in [-0.25, -0.2) is 0 Å². The van der Waals surface area contributed by atoms with Gasteiger partial charge in [0, 0.05) is 31.8 Å². The molecule has 182 valence electrons. The van der Waals surface area contributed by atoms with Gasteiger partial charge in [0.05, 0.1) is 0 Å². The predicted octanol–water partition coefficient (Wildman–Crippen LogP) is 10.8. The monoisotopic (exact) mass is 513 g/mol. The number of fused-ring (bicyclic) bond motifs is 9.